The topological polar surface area (TPSA) is 87.0 Å². The summed E-state index contributed by atoms with van der Waals surface area (Å²) in [5.74, 6) is -0.220. The second-order valence-corrected chi connectivity index (χ2v) is 11.0. The van der Waals surface area contributed by atoms with E-state index in [1.165, 1.54) is 16.7 Å². The molecule has 0 aliphatic rings. The summed E-state index contributed by atoms with van der Waals surface area (Å²) in [4.78, 5) is 10.7. The van der Waals surface area contributed by atoms with Gasteiger partial charge in [0.1, 0.15) is 12.4 Å². The Labute approximate surface area is 235 Å². The molecule has 0 spiro atoms. The summed E-state index contributed by atoms with van der Waals surface area (Å²) in [7, 11) is 0. The molecule has 39 heavy (non-hydrogen) atoms. The first kappa shape index (κ1) is 32.6. The van der Waals surface area contributed by atoms with Crippen molar-refractivity contribution in [2.75, 3.05) is 6.61 Å². The van der Waals surface area contributed by atoms with E-state index in [1.807, 2.05) is 26.0 Å². The van der Waals surface area contributed by atoms with Gasteiger partial charge in [0, 0.05) is 11.8 Å². The molecule has 5 heteroatoms. The predicted molar refractivity (Wildman–Crippen MR) is 161 cm³/mol. The number of aryl methyl sites for hydroxylation is 2. The highest BCUT2D eigenvalue weighted by Crippen LogP contribution is 2.41. The van der Waals surface area contributed by atoms with E-state index in [2.05, 4.69) is 64.1 Å². The number of ether oxygens (including phenoxy) is 1. The molecule has 0 fully saturated rings. The van der Waals surface area contributed by atoms with E-state index in [0.29, 0.717) is 12.2 Å². The number of aliphatic carboxylic acids is 1. The molecule has 0 aliphatic heterocycles. The van der Waals surface area contributed by atoms with Crippen LogP contribution >= 0.6 is 0 Å². The van der Waals surface area contributed by atoms with Crippen LogP contribution < -0.4 is 4.74 Å². The number of carboxylic acid groups (broad SMARTS) is 1. The summed E-state index contributed by atoms with van der Waals surface area (Å²) in [6.45, 7) is 12.9. The van der Waals surface area contributed by atoms with E-state index in [1.54, 1.807) is 0 Å². The van der Waals surface area contributed by atoms with Gasteiger partial charge >= 0.3 is 5.97 Å². The van der Waals surface area contributed by atoms with Crippen molar-refractivity contribution >= 4 is 12.0 Å². The Kier molecular flexibility index (Phi) is 12.7. The molecule has 1 unspecified atom stereocenters. The van der Waals surface area contributed by atoms with Crippen LogP contribution in [0.3, 0.4) is 0 Å². The molecule has 0 amide bonds. The van der Waals surface area contributed by atoms with E-state index in [4.69, 9.17) is 9.84 Å². The average Bonchev–Trinajstić information content (AvgIpc) is 2.92. The highest BCUT2D eigenvalue weighted by atomic mass is 16.5. The summed E-state index contributed by atoms with van der Waals surface area (Å²) in [5.41, 5.74) is 4.89. The summed E-state index contributed by atoms with van der Waals surface area (Å²) in [5, 5.41) is 29.9. The Hall–Kier alpha value is -2.63. The fourth-order valence-corrected chi connectivity index (χ4v) is 5.37. The number of rotatable bonds is 17. The second kappa shape index (κ2) is 15.2. The molecule has 0 saturated carbocycles. The van der Waals surface area contributed by atoms with Crippen molar-refractivity contribution in [1.82, 2.24) is 0 Å². The van der Waals surface area contributed by atoms with Gasteiger partial charge in [0.05, 0.1) is 11.7 Å². The van der Waals surface area contributed by atoms with Crippen molar-refractivity contribution in [2.24, 2.45) is 0 Å². The highest BCUT2D eigenvalue weighted by molar-refractivity contribution is 5.66. The van der Waals surface area contributed by atoms with Crippen molar-refractivity contribution in [2.45, 2.75) is 116 Å². The standard InChI is InChI=1S/C34H50O5/c1-7-11-12-20-33(38,8-2)21-19-27-13-14-28(22-25(27)5)34(9-3,10-4)29-15-17-31(26(6)23-29)39-24-30(35)16-18-32(36)37/h13-15,17,19,21-23,30,35,38H,7-12,16,18,20,24H2,1-6H3,(H,36,37)/t30-,33?/m0/s1. The lowest BCUT2D eigenvalue weighted by atomic mass is 9.70. The van der Waals surface area contributed by atoms with Crippen LogP contribution in [0, 0.1) is 13.8 Å². The van der Waals surface area contributed by atoms with Gasteiger partial charge in [-0.25, -0.2) is 0 Å². The third kappa shape index (κ3) is 8.94. The van der Waals surface area contributed by atoms with Crippen LogP contribution in [0.15, 0.2) is 42.5 Å². The van der Waals surface area contributed by atoms with Gasteiger partial charge in [0.25, 0.3) is 0 Å². The van der Waals surface area contributed by atoms with Crippen LogP contribution in [0.4, 0.5) is 0 Å². The number of hydrogen-bond acceptors (Lipinski definition) is 4. The molecule has 0 aliphatic carbocycles. The summed E-state index contributed by atoms with van der Waals surface area (Å²) < 4.78 is 5.83. The molecule has 0 radical (unpaired) electrons. The Balaban J connectivity index is 2.27. The molecule has 0 bridgehead atoms. The molecule has 0 aromatic heterocycles. The monoisotopic (exact) mass is 538 g/mol. The smallest absolute Gasteiger partial charge is 0.303 e. The SMILES string of the molecule is CCCCCC(O)(C=Cc1ccc(C(CC)(CC)c2ccc(OC[C@@H](O)CCC(=O)O)c(C)c2)cc1C)CC. The first-order valence-corrected chi connectivity index (χ1v) is 14.7. The summed E-state index contributed by atoms with van der Waals surface area (Å²) in [6, 6.07) is 12.9. The minimum absolute atomic E-state index is 0.0695. The lowest BCUT2D eigenvalue weighted by molar-refractivity contribution is -0.137. The Bertz CT molecular complexity index is 1080. The fourth-order valence-electron chi connectivity index (χ4n) is 5.37. The van der Waals surface area contributed by atoms with Gasteiger partial charge in [-0.15, -0.1) is 0 Å². The van der Waals surface area contributed by atoms with Crippen molar-refractivity contribution in [3.8, 4) is 5.75 Å². The second-order valence-electron chi connectivity index (χ2n) is 11.0. The number of carbonyl (C=O) groups is 1. The molecular weight excluding hydrogens is 488 g/mol. The number of aliphatic hydroxyl groups excluding tert-OH is 1. The summed E-state index contributed by atoms with van der Waals surface area (Å²) >= 11 is 0. The number of unbranched alkanes of at least 4 members (excludes halogenated alkanes) is 2. The Morgan fingerprint density at radius 2 is 1.59 bits per heavy atom. The predicted octanol–water partition coefficient (Wildman–Crippen LogP) is 7.75. The van der Waals surface area contributed by atoms with Gasteiger partial charge in [-0.3, -0.25) is 4.79 Å². The van der Waals surface area contributed by atoms with Gasteiger partial charge in [-0.2, -0.15) is 0 Å². The van der Waals surface area contributed by atoms with Gasteiger partial charge in [0.2, 0.25) is 0 Å². The van der Waals surface area contributed by atoms with E-state index in [-0.39, 0.29) is 24.9 Å². The van der Waals surface area contributed by atoms with Crippen LogP contribution in [0.5, 0.6) is 5.75 Å². The van der Waals surface area contributed by atoms with E-state index < -0.39 is 17.7 Å². The fraction of sp³-hybridized carbons (Fsp3) is 0.559. The maximum Gasteiger partial charge on any atom is 0.303 e. The average molecular weight is 539 g/mol. The van der Waals surface area contributed by atoms with E-state index >= 15 is 0 Å². The van der Waals surface area contributed by atoms with Crippen molar-refractivity contribution in [1.29, 1.82) is 0 Å². The van der Waals surface area contributed by atoms with Crippen molar-refractivity contribution < 1.29 is 24.9 Å². The Morgan fingerprint density at radius 1 is 0.949 bits per heavy atom. The maximum atomic E-state index is 11.0. The molecule has 216 valence electrons. The highest BCUT2D eigenvalue weighted by Gasteiger charge is 2.31. The molecule has 0 saturated heterocycles. The molecule has 3 N–H and O–H groups in total. The molecule has 2 aromatic rings. The molecule has 2 aromatic carbocycles. The molecule has 0 heterocycles. The van der Waals surface area contributed by atoms with Crippen LogP contribution in [0.25, 0.3) is 6.08 Å². The van der Waals surface area contributed by atoms with Crippen molar-refractivity contribution in [3.63, 3.8) is 0 Å². The van der Waals surface area contributed by atoms with E-state index in [9.17, 15) is 15.0 Å². The third-order valence-electron chi connectivity index (χ3n) is 8.28. The molecule has 5 nitrogen and oxygen atoms in total. The quantitative estimate of drug-likeness (QED) is 0.179. The van der Waals surface area contributed by atoms with Gasteiger partial charge in [-0.05, 0) is 79.8 Å². The summed E-state index contributed by atoms with van der Waals surface area (Å²) in [6.07, 6.45) is 10.0. The van der Waals surface area contributed by atoms with Crippen LogP contribution in [-0.2, 0) is 10.2 Å². The minimum Gasteiger partial charge on any atom is -0.491 e. The number of benzene rings is 2. The zero-order chi connectivity index (χ0) is 29.1. The normalized spacial score (nSPS) is 14.4. The van der Waals surface area contributed by atoms with E-state index in [0.717, 1.165) is 49.7 Å². The molecule has 2 rings (SSSR count). The van der Waals surface area contributed by atoms with Gasteiger partial charge in [0.15, 0.2) is 0 Å². The Morgan fingerprint density at radius 3 is 2.13 bits per heavy atom. The first-order chi connectivity index (χ1) is 18.5. The molecule has 2 atom stereocenters. The first-order valence-electron chi connectivity index (χ1n) is 14.7. The third-order valence-corrected chi connectivity index (χ3v) is 8.28. The van der Waals surface area contributed by atoms with Gasteiger partial charge < -0.3 is 20.1 Å². The zero-order valence-corrected chi connectivity index (χ0v) is 24.9. The number of carboxylic acids is 1. The minimum atomic E-state index is -0.922. The van der Waals surface area contributed by atoms with Crippen LogP contribution in [0.1, 0.15) is 113 Å². The number of aliphatic hydroxyl groups is 2. The van der Waals surface area contributed by atoms with Crippen molar-refractivity contribution in [3.05, 3.63) is 70.3 Å². The lowest BCUT2D eigenvalue weighted by Crippen LogP contribution is -2.26. The molecular formula is C34H50O5. The maximum absolute atomic E-state index is 11.0. The van der Waals surface area contributed by atoms with Gasteiger partial charge in [-0.1, -0.05) is 89.4 Å². The lowest BCUT2D eigenvalue weighted by Gasteiger charge is -2.34. The largest absolute Gasteiger partial charge is 0.491 e. The number of hydrogen-bond donors (Lipinski definition) is 3. The van der Waals surface area contributed by atoms with Crippen LogP contribution in [0.2, 0.25) is 0 Å². The zero-order valence-electron chi connectivity index (χ0n) is 24.9. The van der Waals surface area contributed by atoms with Crippen LogP contribution in [-0.4, -0.2) is 39.6 Å².